The number of fused-ring (bicyclic) bond motifs is 1. The Morgan fingerprint density at radius 1 is 1.35 bits per heavy atom. The van der Waals surface area contributed by atoms with E-state index in [0.717, 1.165) is 13.0 Å². The van der Waals surface area contributed by atoms with Crippen LogP contribution in [0.4, 0.5) is 0 Å². The summed E-state index contributed by atoms with van der Waals surface area (Å²) in [6.45, 7) is 6.42. The number of hydrogen-bond acceptors (Lipinski definition) is 4. The van der Waals surface area contributed by atoms with E-state index >= 15 is 0 Å². The van der Waals surface area contributed by atoms with Crippen LogP contribution in [-0.2, 0) is 0 Å². The van der Waals surface area contributed by atoms with Crippen LogP contribution < -0.4 is 15.2 Å². The minimum atomic E-state index is 0.0189. The van der Waals surface area contributed by atoms with Gasteiger partial charge in [0.15, 0.2) is 11.5 Å². The number of hydrogen-bond donors (Lipinski definition) is 1. The summed E-state index contributed by atoms with van der Waals surface area (Å²) in [6.07, 6.45) is 0.809. The van der Waals surface area contributed by atoms with Crippen LogP contribution in [0.15, 0.2) is 18.2 Å². The molecule has 0 bridgehead atoms. The van der Waals surface area contributed by atoms with Crippen LogP contribution in [0.3, 0.4) is 0 Å². The van der Waals surface area contributed by atoms with Gasteiger partial charge in [0.2, 0.25) is 6.79 Å². The SMILES string of the molecule is CC(C)CN(CCCN)C(=O)c1ccc2c(c1)OCO2. The van der Waals surface area contributed by atoms with Crippen molar-refractivity contribution in [1.82, 2.24) is 4.90 Å². The monoisotopic (exact) mass is 278 g/mol. The summed E-state index contributed by atoms with van der Waals surface area (Å²) in [5.41, 5.74) is 6.18. The van der Waals surface area contributed by atoms with Crippen molar-refractivity contribution in [3.05, 3.63) is 23.8 Å². The second-order valence-corrected chi connectivity index (χ2v) is 5.36. The van der Waals surface area contributed by atoms with Crippen molar-refractivity contribution >= 4 is 5.91 Å². The molecule has 1 heterocycles. The molecule has 1 aliphatic heterocycles. The van der Waals surface area contributed by atoms with Crippen molar-refractivity contribution in [3.63, 3.8) is 0 Å². The highest BCUT2D eigenvalue weighted by Gasteiger charge is 2.20. The van der Waals surface area contributed by atoms with Crippen LogP contribution >= 0.6 is 0 Å². The topological polar surface area (TPSA) is 64.8 Å². The van der Waals surface area contributed by atoms with Gasteiger partial charge in [-0.2, -0.15) is 0 Å². The predicted molar refractivity (Wildman–Crippen MR) is 77.0 cm³/mol. The van der Waals surface area contributed by atoms with Gasteiger partial charge in [-0.3, -0.25) is 4.79 Å². The van der Waals surface area contributed by atoms with Gasteiger partial charge in [-0.15, -0.1) is 0 Å². The third-order valence-electron chi connectivity index (χ3n) is 3.12. The van der Waals surface area contributed by atoms with Gasteiger partial charge in [0, 0.05) is 18.7 Å². The Labute approximate surface area is 119 Å². The third-order valence-corrected chi connectivity index (χ3v) is 3.12. The first-order valence-corrected chi connectivity index (χ1v) is 7.01. The molecule has 1 aliphatic rings. The number of nitrogens with two attached hydrogens (primary N) is 1. The van der Waals surface area contributed by atoms with Gasteiger partial charge in [-0.05, 0) is 37.1 Å². The zero-order valence-electron chi connectivity index (χ0n) is 12.1. The molecule has 0 atom stereocenters. The number of amides is 1. The van der Waals surface area contributed by atoms with E-state index in [1.54, 1.807) is 18.2 Å². The first-order chi connectivity index (χ1) is 9.61. The molecule has 0 saturated carbocycles. The van der Waals surface area contributed by atoms with Gasteiger partial charge < -0.3 is 20.1 Å². The van der Waals surface area contributed by atoms with E-state index in [1.807, 2.05) is 4.90 Å². The highest BCUT2D eigenvalue weighted by Crippen LogP contribution is 2.32. The number of ether oxygens (including phenoxy) is 2. The molecule has 1 aromatic rings. The molecule has 5 heteroatoms. The highest BCUT2D eigenvalue weighted by molar-refractivity contribution is 5.95. The molecule has 5 nitrogen and oxygen atoms in total. The van der Waals surface area contributed by atoms with Crippen molar-refractivity contribution in [2.45, 2.75) is 20.3 Å². The molecule has 110 valence electrons. The van der Waals surface area contributed by atoms with Crippen molar-refractivity contribution < 1.29 is 14.3 Å². The smallest absolute Gasteiger partial charge is 0.254 e. The first-order valence-electron chi connectivity index (χ1n) is 7.01. The van der Waals surface area contributed by atoms with Gasteiger partial charge in [0.25, 0.3) is 5.91 Å². The standard InChI is InChI=1S/C15H22N2O3/c1-11(2)9-17(7-3-6-16)15(18)12-4-5-13-14(8-12)20-10-19-13/h4-5,8,11H,3,6-7,9-10,16H2,1-2H3. The lowest BCUT2D eigenvalue weighted by Crippen LogP contribution is -2.35. The summed E-state index contributed by atoms with van der Waals surface area (Å²) in [4.78, 5) is 14.4. The van der Waals surface area contributed by atoms with Crippen LogP contribution in [0.25, 0.3) is 0 Å². The Morgan fingerprint density at radius 3 is 2.80 bits per heavy atom. The lowest BCUT2D eigenvalue weighted by molar-refractivity contribution is 0.0735. The maximum absolute atomic E-state index is 12.6. The molecule has 0 fully saturated rings. The summed E-state index contributed by atoms with van der Waals surface area (Å²) in [6, 6.07) is 5.32. The summed E-state index contributed by atoms with van der Waals surface area (Å²) in [5, 5.41) is 0. The minimum absolute atomic E-state index is 0.0189. The quantitative estimate of drug-likeness (QED) is 0.862. The fourth-order valence-corrected chi connectivity index (χ4v) is 2.21. The molecule has 0 aliphatic carbocycles. The Morgan fingerprint density at radius 2 is 2.10 bits per heavy atom. The van der Waals surface area contributed by atoms with E-state index in [2.05, 4.69) is 13.8 Å². The average Bonchev–Trinajstić information content (AvgIpc) is 2.89. The van der Waals surface area contributed by atoms with Crippen molar-refractivity contribution in [3.8, 4) is 11.5 Å². The van der Waals surface area contributed by atoms with E-state index < -0.39 is 0 Å². The second kappa shape index (κ2) is 6.61. The molecule has 2 rings (SSSR count). The maximum atomic E-state index is 12.6. The average molecular weight is 278 g/mol. The summed E-state index contributed by atoms with van der Waals surface area (Å²) in [5.74, 6) is 1.77. The predicted octanol–water partition coefficient (Wildman–Crippen LogP) is 1.86. The maximum Gasteiger partial charge on any atom is 0.254 e. The Balaban J connectivity index is 2.13. The number of carbonyl (C=O) groups excluding carboxylic acids is 1. The normalized spacial score (nSPS) is 12.8. The number of carbonyl (C=O) groups is 1. The van der Waals surface area contributed by atoms with E-state index in [9.17, 15) is 4.79 Å². The summed E-state index contributed by atoms with van der Waals surface area (Å²) < 4.78 is 10.6. The van der Waals surface area contributed by atoms with Crippen molar-refractivity contribution in [1.29, 1.82) is 0 Å². The van der Waals surface area contributed by atoms with Crippen molar-refractivity contribution in [2.24, 2.45) is 11.7 Å². The lowest BCUT2D eigenvalue weighted by Gasteiger charge is -2.24. The Hall–Kier alpha value is -1.75. The molecule has 0 saturated heterocycles. The Kier molecular flexibility index (Phi) is 4.84. The fraction of sp³-hybridized carbons (Fsp3) is 0.533. The number of nitrogens with zero attached hydrogens (tertiary/aromatic N) is 1. The molecular weight excluding hydrogens is 256 g/mol. The first kappa shape index (κ1) is 14.7. The molecule has 0 aromatic heterocycles. The third kappa shape index (κ3) is 3.42. The van der Waals surface area contributed by atoms with E-state index in [1.165, 1.54) is 0 Å². The van der Waals surface area contributed by atoms with Crippen LogP contribution in [0.5, 0.6) is 11.5 Å². The highest BCUT2D eigenvalue weighted by atomic mass is 16.7. The molecule has 0 spiro atoms. The molecule has 2 N–H and O–H groups in total. The summed E-state index contributed by atoms with van der Waals surface area (Å²) >= 11 is 0. The second-order valence-electron chi connectivity index (χ2n) is 5.36. The minimum Gasteiger partial charge on any atom is -0.454 e. The number of rotatable bonds is 6. The zero-order chi connectivity index (χ0) is 14.5. The lowest BCUT2D eigenvalue weighted by atomic mass is 10.1. The molecule has 0 radical (unpaired) electrons. The van der Waals surface area contributed by atoms with Gasteiger partial charge in [0.05, 0.1) is 0 Å². The Bertz CT molecular complexity index is 474. The van der Waals surface area contributed by atoms with E-state index in [-0.39, 0.29) is 12.7 Å². The molecule has 1 amide bonds. The van der Waals surface area contributed by atoms with Crippen LogP contribution in [-0.4, -0.2) is 37.2 Å². The van der Waals surface area contributed by atoms with E-state index in [4.69, 9.17) is 15.2 Å². The molecule has 1 aromatic carbocycles. The van der Waals surface area contributed by atoms with Crippen LogP contribution in [0, 0.1) is 5.92 Å². The summed E-state index contributed by atoms with van der Waals surface area (Å²) in [7, 11) is 0. The van der Waals surface area contributed by atoms with Gasteiger partial charge >= 0.3 is 0 Å². The van der Waals surface area contributed by atoms with Gasteiger partial charge in [-0.1, -0.05) is 13.8 Å². The van der Waals surface area contributed by atoms with Crippen LogP contribution in [0.2, 0.25) is 0 Å². The largest absolute Gasteiger partial charge is 0.454 e. The van der Waals surface area contributed by atoms with Gasteiger partial charge in [0.1, 0.15) is 0 Å². The van der Waals surface area contributed by atoms with Crippen molar-refractivity contribution in [2.75, 3.05) is 26.4 Å². The van der Waals surface area contributed by atoms with Gasteiger partial charge in [-0.25, -0.2) is 0 Å². The fourth-order valence-electron chi connectivity index (χ4n) is 2.21. The van der Waals surface area contributed by atoms with E-state index in [0.29, 0.717) is 36.1 Å². The molecular formula is C15H22N2O3. The molecule has 0 unspecified atom stereocenters. The zero-order valence-corrected chi connectivity index (χ0v) is 12.1. The van der Waals surface area contributed by atoms with Crippen LogP contribution in [0.1, 0.15) is 30.6 Å². The number of benzene rings is 1. The molecule has 20 heavy (non-hydrogen) atoms.